The molecule has 0 spiro atoms. The van der Waals surface area contributed by atoms with E-state index in [-0.39, 0.29) is 12.1 Å². The van der Waals surface area contributed by atoms with Crippen molar-refractivity contribution in [3.05, 3.63) is 12.2 Å². The van der Waals surface area contributed by atoms with Crippen LogP contribution in [-0.4, -0.2) is 23.1 Å². The molecular formula is C26H46O4. The number of rotatable bonds is 17. The van der Waals surface area contributed by atoms with Crippen LogP contribution >= 0.6 is 0 Å². The fourth-order valence-electron chi connectivity index (χ4n) is 4.39. The molecule has 0 saturated heterocycles. The van der Waals surface area contributed by atoms with Gasteiger partial charge in [0.25, 0.3) is 0 Å². The molecule has 30 heavy (non-hydrogen) atoms. The lowest BCUT2D eigenvalue weighted by Gasteiger charge is -2.27. The minimum Gasteiger partial charge on any atom is -0.481 e. The molecule has 0 bridgehead atoms. The smallest absolute Gasteiger partial charge is 0.310 e. The summed E-state index contributed by atoms with van der Waals surface area (Å²) in [6.45, 7) is 6.54. The second-order valence-corrected chi connectivity index (χ2v) is 9.51. The predicted octanol–water partition coefficient (Wildman–Crippen LogP) is 7.31. The van der Waals surface area contributed by atoms with Crippen LogP contribution in [0, 0.1) is 17.8 Å². The molecule has 3 unspecified atom stereocenters. The van der Waals surface area contributed by atoms with Crippen molar-refractivity contribution < 1.29 is 19.4 Å². The number of hydrogen-bond acceptors (Lipinski definition) is 3. The quantitative estimate of drug-likeness (QED) is 0.152. The lowest BCUT2D eigenvalue weighted by molar-refractivity contribution is -0.162. The Kier molecular flexibility index (Phi) is 14.6. The molecule has 0 aromatic heterocycles. The number of carbonyl (C=O) groups excluding carboxylic acids is 1. The highest BCUT2D eigenvalue weighted by atomic mass is 16.5. The van der Waals surface area contributed by atoms with E-state index in [1.165, 1.54) is 64.2 Å². The van der Waals surface area contributed by atoms with Crippen LogP contribution in [0.2, 0.25) is 0 Å². The molecule has 3 atom stereocenters. The molecule has 1 rings (SSSR count). The molecule has 0 fully saturated rings. The Morgan fingerprint density at radius 3 is 1.87 bits per heavy atom. The normalized spacial score (nSPS) is 19.7. The highest BCUT2D eigenvalue weighted by Crippen LogP contribution is 2.28. The van der Waals surface area contributed by atoms with Crippen molar-refractivity contribution in [2.45, 2.75) is 123 Å². The van der Waals surface area contributed by atoms with E-state index in [0.29, 0.717) is 18.8 Å². The van der Waals surface area contributed by atoms with Gasteiger partial charge in [-0.1, -0.05) is 97.1 Å². The number of allylic oxidation sites excluding steroid dienone is 2. The summed E-state index contributed by atoms with van der Waals surface area (Å²) in [4.78, 5) is 24.2. The molecular weight excluding hydrogens is 376 g/mol. The highest BCUT2D eigenvalue weighted by Gasteiger charge is 2.36. The largest absolute Gasteiger partial charge is 0.481 e. The zero-order valence-electron chi connectivity index (χ0n) is 19.7. The Morgan fingerprint density at radius 1 is 0.867 bits per heavy atom. The van der Waals surface area contributed by atoms with Crippen molar-refractivity contribution in [2.24, 2.45) is 17.8 Å². The van der Waals surface area contributed by atoms with E-state index < -0.39 is 17.8 Å². The van der Waals surface area contributed by atoms with Gasteiger partial charge in [-0.15, -0.1) is 0 Å². The van der Waals surface area contributed by atoms with Crippen LogP contribution < -0.4 is 0 Å². The zero-order chi connectivity index (χ0) is 22.2. The molecule has 4 heteroatoms. The first-order chi connectivity index (χ1) is 14.5. The number of esters is 1. The fraction of sp³-hybridized carbons (Fsp3) is 0.846. The predicted molar refractivity (Wildman–Crippen MR) is 123 cm³/mol. The van der Waals surface area contributed by atoms with Gasteiger partial charge < -0.3 is 9.84 Å². The van der Waals surface area contributed by atoms with Gasteiger partial charge in [0.2, 0.25) is 0 Å². The Hall–Kier alpha value is -1.32. The van der Waals surface area contributed by atoms with Crippen molar-refractivity contribution in [1.82, 2.24) is 0 Å². The average Bonchev–Trinajstić information content (AvgIpc) is 2.71. The molecule has 0 heterocycles. The fourth-order valence-corrected chi connectivity index (χ4v) is 4.39. The maximum Gasteiger partial charge on any atom is 0.310 e. The minimum atomic E-state index is -0.896. The molecule has 0 saturated carbocycles. The topological polar surface area (TPSA) is 63.6 Å². The maximum absolute atomic E-state index is 12.7. The zero-order valence-corrected chi connectivity index (χ0v) is 19.7. The van der Waals surface area contributed by atoms with Crippen LogP contribution in [0.3, 0.4) is 0 Å². The van der Waals surface area contributed by atoms with Crippen LogP contribution in [0.1, 0.15) is 117 Å². The van der Waals surface area contributed by atoms with E-state index in [2.05, 4.69) is 20.8 Å². The molecule has 0 aromatic rings. The van der Waals surface area contributed by atoms with Crippen LogP contribution in [0.25, 0.3) is 0 Å². The molecule has 1 aliphatic rings. The van der Waals surface area contributed by atoms with Gasteiger partial charge in [-0.3, -0.25) is 9.59 Å². The summed E-state index contributed by atoms with van der Waals surface area (Å²) in [5.74, 6) is -1.95. The number of ether oxygens (including phenoxy) is 1. The van der Waals surface area contributed by atoms with Crippen molar-refractivity contribution in [3.8, 4) is 0 Å². The summed E-state index contributed by atoms with van der Waals surface area (Å²) in [6.07, 6.45) is 20.7. The number of carboxylic acid groups (broad SMARTS) is 1. The summed E-state index contributed by atoms with van der Waals surface area (Å²) in [5.41, 5.74) is 0. The average molecular weight is 423 g/mol. The van der Waals surface area contributed by atoms with E-state index in [1.807, 2.05) is 12.2 Å². The second-order valence-electron chi connectivity index (χ2n) is 9.51. The second kappa shape index (κ2) is 16.4. The molecule has 1 N–H and O–H groups in total. The van der Waals surface area contributed by atoms with Gasteiger partial charge in [0.15, 0.2) is 0 Å². The third-order valence-electron chi connectivity index (χ3n) is 6.20. The molecule has 1 aliphatic carbocycles. The summed E-state index contributed by atoms with van der Waals surface area (Å²) >= 11 is 0. The van der Waals surface area contributed by atoms with Gasteiger partial charge in [0, 0.05) is 0 Å². The van der Waals surface area contributed by atoms with Gasteiger partial charge in [-0.05, 0) is 38.0 Å². The number of carboxylic acids is 1. The lowest BCUT2D eigenvalue weighted by atomic mass is 9.83. The Bertz CT molecular complexity index is 497. The van der Waals surface area contributed by atoms with Gasteiger partial charge >= 0.3 is 11.9 Å². The van der Waals surface area contributed by atoms with Crippen molar-refractivity contribution in [1.29, 1.82) is 0 Å². The SMILES string of the molecule is CCCCCCCCCCCCCC(CC(C)C)OC(=O)C1CC=CCC1C(=O)O. The molecule has 4 nitrogen and oxygen atoms in total. The molecule has 0 amide bonds. The third kappa shape index (κ3) is 11.8. The van der Waals surface area contributed by atoms with Crippen LogP contribution in [0.15, 0.2) is 12.2 Å². The van der Waals surface area contributed by atoms with E-state index in [1.54, 1.807) is 0 Å². The van der Waals surface area contributed by atoms with Gasteiger partial charge in [-0.25, -0.2) is 0 Å². The molecule has 0 aliphatic heterocycles. The minimum absolute atomic E-state index is 0.0867. The van der Waals surface area contributed by atoms with Crippen molar-refractivity contribution in [2.75, 3.05) is 0 Å². The molecule has 174 valence electrons. The lowest BCUT2D eigenvalue weighted by Crippen LogP contribution is -2.34. The maximum atomic E-state index is 12.7. The number of carbonyl (C=O) groups is 2. The summed E-state index contributed by atoms with van der Waals surface area (Å²) in [5, 5.41) is 9.41. The van der Waals surface area contributed by atoms with E-state index in [4.69, 9.17) is 4.74 Å². The Labute approximate surface area is 184 Å². The third-order valence-corrected chi connectivity index (χ3v) is 6.20. The summed E-state index contributed by atoms with van der Waals surface area (Å²) < 4.78 is 5.84. The van der Waals surface area contributed by atoms with E-state index in [0.717, 1.165) is 19.3 Å². The van der Waals surface area contributed by atoms with Crippen LogP contribution in [0.4, 0.5) is 0 Å². The van der Waals surface area contributed by atoms with Crippen molar-refractivity contribution >= 4 is 11.9 Å². The number of unbranched alkanes of at least 4 members (excludes halogenated alkanes) is 10. The Morgan fingerprint density at radius 2 is 1.37 bits per heavy atom. The van der Waals surface area contributed by atoms with Gasteiger partial charge in [0.1, 0.15) is 6.10 Å². The summed E-state index contributed by atoms with van der Waals surface area (Å²) in [7, 11) is 0. The van der Waals surface area contributed by atoms with E-state index in [9.17, 15) is 14.7 Å². The number of aliphatic carboxylic acids is 1. The monoisotopic (exact) mass is 422 g/mol. The van der Waals surface area contributed by atoms with Gasteiger partial charge in [-0.2, -0.15) is 0 Å². The van der Waals surface area contributed by atoms with Gasteiger partial charge in [0.05, 0.1) is 11.8 Å². The summed E-state index contributed by atoms with van der Waals surface area (Å²) in [6, 6.07) is 0. The van der Waals surface area contributed by atoms with Crippen molar-refractivity contribution in [3.63, 3.8) is 0 Å². The Balaban J connectivity index is 2.27. The first-order valence-corrected chi connectivity index (χ1v) is 12.5. The molecule has 0 radical (unpaired) electrons. The first-order valence-electron chi connectivity index (χ1n) is 12.5. The van der Waals surface area contributed by atoms with E-state index >= 15 is 0 Å². The standard InChI is InChI=1S/C26H46O4/c1-4-5-6-7-8-9-10-11-12-13-14-17-22(20-21(2)3)30-26(29)24-19-16-15-18-23(24)25(27)28/h15-16,21-24H,4-14,17-20H2,1-3H3,(H,27,28). The highest BCUT2D eigenvalue weighted by molar-refractivity contribution is 5.81. The van der Waals surface area contributed by atoms with Crippen LogP contribution in [-0.2, 0) is 14.3 Å². The molecule has 0 aromatic carbocycles. The van der Waals surface area contributed by atoms with Crippen LogP contribution in [0.5, 0.6) is 0 Å². The number of hydrogen-bond donors (Lipinski definition) is 1. The first kappa shape index (κ1) is 26.7.